The van der Waals surface area contributed by atoms with Gasteiger partial charge >= 0.3 is 6.18 Å². The smallest absolute Gasteiger partial charge is 0.330 e. The van der Waals surface area contributed by atoms with E-state index in [1.807, 2.05) is 0 Å². The van der Waals surface area contributed by atoms with Gasteiger partial charge in [-0.3, -0.25) is 0 Å². The maximum atomic E-state index is 13.3. The summed E-state index contributed by atoms with van der Waals surface area (Å²) >= 11 is 18.0. The zero-order valence-corrected chi connectivity index (χ0v) is 13.6. The standard InChI is InChI=1S/C15H13Cl3F3N/c16-12-7-14(18)13(17)6-10(12)9-5-8(3-4-22)1-2-11(9)15(19,20)21/h1-2,5,7,10H,3-4,6,22H2. The van der Waals surface area contributed by atoms with Gasteiger partial charge in [0.25, 0.3) is 0 Å². The van der Waals surface area contributed by atoms with Crippen LogP contribution in [0.4, 0.5) is 13.2 Å². The molecule has 0 saturated carbocycles. The van der Waals surface area contributed by atoms with Crippen LogP contribution in [0.3, 0.4) is 0 Å². The molecular formula is C15H13Cl3F3N. The lowest BCUT2D eigenvalue weighted by molar-refractivity contribution is -0.138. The predicted octanol–water partition coefficient (Wildman–Crippen LogP) is 5.51. The van der Waals surface area contributed by atoms with E-state index in [9.17, 15) is 13.2 Å². The monoisotopic (exact) mass is 369 g/mol. The molecule has 0 saturated heterocycles. The molecule has 22 heavy (non-hydrogen) atoms. The maximum Gasteiger partial charge on any atom is 0.416 e. The van der Waals surface area contributed by atoms with Crippen molar-refractivity contribution in [2.75, 3.05) is 6.54 Å². The lowest BCUT2D eigenvalue weighted by atomic mass is 9.87. The second-order valence-electron chi connectivity index (χ2n) is 5.00. The summed E-state index contributed by atoms with van der Waals surface area (Å²) in [7, 11) is 0. The summed E-state index contributed by atoms with van der Waals surface area (Å²) in [4.78, 5) is 0. The van der Waals surface area contributed by atoms with Crippen molar-refractivity contribution in [2.24, 2.45) is 5.73 Å². The molecule has 7 heteroatoms. The van der Waals surface area contributed by atoms with Gasteiger partial charge in [-0.15, -0.1) is 0 Å². The number of hydrogen-bond acceptors (Lipinski definition) is 1. The van der Waals surface area contributed by atoms with Gasteiger partial charge in [-0.05, 0) is 42.7 Å². The van der Waals surface area contributed by atoms with Crippen molar-refractivity contribution in [1.29, 1.82) is 0 Å². The third-order valence-corrected chi connectivity index (χ3v) is 4.63. The average molecular weight is 371 g/mol. The van der Waals surface area contributed by atoms with Crippen LogP contribution in [0.25, 0.3) is 0 Å². The van der Waals surface area contributed by atoms with Crippen molar-refractivity contribution in [3.63, 3.8) is 0 Å². The molecule has 1 aromatic rings. The van der Waals surface area contributed by atoms with Crippen LogP contribution in [-0.4, -0.2) is 6.54 Å². The first-order valence-electron chi connectivity index (χ1n) is 6.55. The Morgan fingerprint density at radius 1 is 1.18 bits per heavy atom. The molecule has 1 nitrogen and oxygen atoms in total. The van der Waals surface area contributed by atoms with E-state index >= 15 is 0 Å². The fourth-order valence-corrected chi connectivity index (χ4v) is 3.18. The molecule has 1 aromatic carbocycles. The lowest BCUT2D eigenvalue weighted by Gasteiger charge is -2.25. The molecule has 0 fully saturated rings. The van der Waals surface area contributed by atoms with Crippen molar-refractivity contribution in [1.82, 2.24) is 0 Å². The number of hydrogen-bond donors (Lipinski definition) is 1. The highest BCUT2D eigenvalue weighted by Crippen LogP contribution is 2.45. The van der Waals surface area contributed by atoms with Crippen LogP contribution in [0, 0.1) is 0 Å². The summed E-state index contributed by atoms with van der Waals surface area (Å²) in [6, 6.07) is 4.00. The van der Waals surface area contributed by atoms with Gasteiger partial charge < -0.3 is 5.73 Å². The number of allylic oxidation sites excluding steroid dienone is 4. The van der Waals surface area contributed by atoms with Crippen molar-refractivity contribution in [3.05, 3.63) is 56.1 Å². The largest absolute Gasteiger partial charge is 0.416 e. The van der Waals surface area contributed by atoms with Crippen molar-refractivity contribution in [2.45, 2.75) is 24.9 Å². The van der Waals surface area contributed by atoms with E-state index in [1.165, 1.54) is 18.2 Å². The lowest BCUT2D eigenvalue weighted by Crippen LogP contribution is -2.15. The fraction of sp³-hybridized carbons (Fsp3) is 0.333. The number of nitrogens with two attached hydrogens (primary N) is 1. The van der Waals surface area contributed by atoms with Gasteiger partial charge in [0, 0.05) is 16.0 Å². The van der Waals surface area contributed by atoms with E-state index in [-0.39, 0.29) is 22.0 Å². The summed E-state index contributed by atoms with van der Waals surface area (Å²) in [5, 5.41) is 0.799. The van der Waals surface area contributed by atoms with Gasteiger partial charge in [0.15, 0.2) is 0 Å². The Labute approximate surface area is 141 Å². The first-order chi connectivity index (χ1) is 10.2. The molecule has 2 rings (SSSR count). The van der Waals surface area contributed by atoms with Crippen molar-refractivity contribution < 1.29 is 13.2 Å². The van der Waals surface area contributed by atoms with E-state index in [4.69, 9.17) is 40.5 Å². The molecular weight excluding hydrogens is 358 g/mol. The summed E-state index contributed by atoms with van der Waals surface area (Å²) in [6.07, 6.45) is -2.44. The number of halogens is 6. The minimum Gasteiger partial charge on any atom is -0.330 e. The molecule has 0 radical (unpaired) electrons. The molecule has 2 N–H and O–H groups in total. The third-order valence-electron chi connectivity index (χ3n) is 3.47. The van der Waals surface area contributed by atoms with E-state index in [0.29, 0.717) is 18.0 Å². The van der Waals surface area contributed by atoms with Crippen molar-refractivity contribution >= 4 is 34.8 Å². The maximum absolute atomic E-state index is 13.3. The zero-order valence-electron chi connectivity index (χ0n) is 11.4. The summed E-state index contributed by atoms with van der Waals surface area (Å²) in [6.45, 7) is 0.353. The van der Waals surface area contributed by atoms with Crippen LogP contribution >= 0.6 is 34.8 Å². The molecule has 120 valence electrons. The minimum absolute atomic E-state index is 0.0991. The summed E-state index contributed by atoms with van der Waals surface area (Å²) < 4.78 is 39.8. The highest BCUT2D eigenvalue weighted by molar-refractivity contribution is 6.42. The number of alkyl halides is 3. The van der Waals surface area contributed by atoms with Crippen molar-refractivity contribution in [3.8, 4) is 0 Å². The Hall–Kier alpha value is -0.680. The zero-order chi connectivity index (χ0) is 16.5. The first-order valence-corrected chi connectivity index (χ1v) is 7.68. The Balaban J connectivity index is 2.53. The molecule has 0 aliphatic heterocycles. The van der Waals surface area contributed by atoms with E-state index in [1.54, 1.807) is 0 Å². The fourth-order valence-electron chi connectivity index (χ4n) is 2.41. The summed E-state index contributed by atoms with van der Waals surface area (Å²) in [5.41, 5.74) is 5.59. The van der Waals surface area contributed by atoms with Crippen LogP contribution in [-0.2, 0) is 12.6 Å². The topological polar surface area (TPSA) is 26.0 Å². The summed E-state index contributed by atoms with van der Waals surface area (Å²) in [5.74, 6) is -0.661. The molecule has 1 atom stereocenters. The Bertz CT molecular complexity index is 635. The molecule has 0 bridgehead atoms. The van der Waals surface area contributed by atoms with Gasteiger partial charge in [-0.25, -0.2) is 0 Å². The minimum atomic E-state index is -4.47. The normalized spacial score (nSPS) is 19.4. The Morgan fingerprint density at radius 2 is 1.86 bits per heavy atom. The van der Waals surface area contributed by atoms with Crippen LogP contribution in [0.2, 0.25) is 0 Å². The quantitative estimate of drug-likeness (QED) is 0.746. The third kappa shape index (κ3) is 3.80. The van der Waals surface area contributed by atoms with Gasteiger partial charge in [0.05, 0.1) is 10.6 Å². The molecule has 0 aromatic heterocycles. The van der Waals surface area contributed by atoms with Gasteiger partial charge in [-0.2, -0.15) is 13.2 Å². The molecule has 0 heterocycles. The highest BCUT2D eigenvalue weighted by Gasteiger charge is 2.37. The molecule has 0 amide bonds. The number of rotatable bonds is 3. The second kappa shape index (κ2) is 6.83. The molecule has 1 aliphatic rings. The second-order valence-corrected chi connectivity index (χ2v) is 6.30. The van der Waals surface area contributed by atoms with E-state index < -0.39 is 17.7 Å². The van der Waals surface area contributed by atoms with Crippen LogP contribution in [0.5, 0.6) is 0 Å². The van der Waals surface area contributed by atoms with Gasteiger partial charge in [-0.1, -0.05) is 46.9 Å². The van der Waals surface area contributed by atoms with Crippen LogP contribution < -0.4 is 5.73 Å². The Kier molecular flexibility index (Phi) is 5.49. The van der Waals surface area contributed by atoms with Gasteiger partial charge in [0.1, 0.15) is 0 Å². The number of benzene rings is 1. The predicted molar refractivity (Wildman–Crippen MR) is 84.2 cm³/mol. The van der Waals surface area contributed by atoms with Crippen LogP contribution in [0.15, 0.2) is 39.4 Å². The van der Waals surface area contributed by atoms with Crippen LogP contribution in [0.1, 0.15) is 29.0 Å². The SMILES string of the molecule is NCCc1ccc(C(F)(F)F)c(C2CC(Cl)=C(Cl)C=C2Cl)c1. The molecule has 1 aliphatic carbocycles. The highest BCUT2D eigenvalue weighted by atomic mass is 35.5. The first kappa shape index (κ1) is 17.7. The van der Waals surface area contributed by atoms with Gasteiger partial charge in [0.2, 0.25) is 0 Å². The molecule has 0 spiro atoms. The average Bonchev–Trinajstić information content (AvgIpc) is 2.42. The van der Waals surface area contributed by atoms with E-state index in [2.05, 4.69) is 0 Å². The molecule has 1 unspecified atom stereocenters. The van der Waals surface area contributed by atoms with E-state index in [0.717, 1.165) is 11.6 Å². The Morgan fingerprint density at radius 3 is 2.45 bits per heavy atom.